The van der Waals surface area contributed by atoms with Gasteiger partial charge in [0, 0.05) is 6.92 Å². The smallest absolute Gasteiger partial charge is 0.178 e. The Labute approximate surface area is 84.1 Å². The molecule has 0 aliphatic carbocycles. The van der Waals surface area contributed by atoms with Gasteiger partial charge >= 0.3 is 0 Å². The summed E-state index contributed by atoms with van der Waals surface area (Å²) in [5.74, 6) is 0.648. The summed E-state index contributed by atoms with van der Waals surface area (Å²) < 4.78 is 5.56. The molecular formula is C11H15NO2. The number of ketones is 1. The van der Waals surface area contributed by atoms with Crippen LogP contribution in [0.3, 0.4) is 0 Å². The molecule has 3 heteroatoms. The fourth-order valence-corrected chi connectivity index (χ4v) is 1.00. The number of hydrogen-bond acceptors (Lipinski definition) is 3. The van der Waals surface area contributed by atoms with Gasteiger partial charge in [-0.3, -0.25) is 4.79 Å². The molecule has 0 bridgehead atoms. The number of aromatic nitrogens is 1. The maximum Gasteiger partial charge on any atom is 0.178 e. The van der Waals surface area contributed by atoms with E-state index in [0.29, 0.717) is 11.4 Å². The fourth-order valence-electron chi connectivity index (χ4n) is 1.00. The maximum absolute atomic E-state index is 10.9. The van der Waals surface area contributed by atoms with E-state index in [2.05, 4.69) is 4.98 Å². The number of ether oxygens (including phenoxy) is 1. The lowest BCUT2D eigenvalue weighted by atomic mass is 10.2. The SMILES string of the molecule is CC(=O)c1ccc(OC(C)(C)C)cn1. The first-order valence-electron chi connectivity index (χ1n) is 4.54. The Hall–Kier alpha value is -1.38. The Bertz CT molecular complexity index is 322. The molecule has 1 aromatic rings. The molecule has 0 saturated heterocycles. The molecule has 0 atom stereocenters. The van der Waals surface area contributed by atoms with Crippen molar-refractivity contribution in [3.05, 3.63) is 24.0 Å². The van der Waals surface area contributed by atoms with E-state index in [-0.39, 0.29) is 11.4 Å². The molecule has 0 aliphatic heterocycles. The van der Waals surface area contributed by atoms with Gasteiger partial charge in [0.2, 0.25) is 0 Å². The number of nitrogens with zero attached hydrogens (tertiary/aromatic N) is 1. The zero-order valence-corrected chi connectivity index (χ0v) is 9.00. The van der Waals surface area contributed by atoms with E-state index in [1.165, 1.54) is 6.92 Å². The van der Waals surface area contributed by atoms with Crippen LogP contribution >= 0.6 is 0 Å². The van der Waals surface area contributed by atoms with Gasteiger partial charge in [-0.15, -0.1) is 0 Å². The van der Waals surface area contributed by atoms with Gasteiger partial charge in [-0.05, 0) is 32.9 Å². The van der Waals surface area contributed by atoms with E-state index >= 15 is 0 Å². The quantitative estimate of drug-likeness (QED) is 0.677. The van der Waals surface area contributed by atoms with Crippen molar-refractivity contribution in [1.82, 2.24) is 4.98 Å². The van der Waals surface area contributed by atoms with Crippen LogP contribution in [-0.4, -0.2) is 16.4 Å². The van der Waals surface area contributed by atoms with Crippen LogP contribution in [0.5, 0.6) is 5.75 Å². The van der Waals surface area contributed by atoms with E-state index in [1.807, 2.05) is 20.8 Å². The third kappa shape index (κ3) is 3.17. The minimum atomic E-state index is -0.237. The molecule has 0 spiro atoms. The monoisotopic (exact) mass is 193 g/mol. The Balaban J connectivity index is 2.79. The minimum absolute atomic E-state index is 0.0349. The molecule has 0 radical (unpaired) electrons. The van der Waals surface area contributed by atoms with Gasteiger partial charge in [-0.2, -0.15) is 0 Å². The molecule has 1 rings (SSSR count). The summed E-state index contributed by atoms with van der Waals surface area (Å²) in [6.45, 7) is 7.39. The van der Waals surface area contributed by atoms with E-state index < -0.39 is 0 Å². The lowest BCUT2D eigenvalue weighted by Crippen LogP contribution is -2.23. The predicted octanol–water partition coefficient (Wildman–Crippen LogP) is 2.46. The average molecular weight is 193 g/mol. The molecule has 76 valence electrons. The molecule has 0 aliphatic rings. The van der Waals surface area contributed by atoms with E-state index in [9.17, 15) is 4.79 Å². The molecule has 0 N–H and O–H groups in total. The van der Waals surface area contributed by atoms with Gasteiger partial charge in [0.1, 0.15) is 17.0 Å². The van der Waals surface area contributed by atoms with Crippen LogP contribution in [0.2, 0.25) is 0 Å². The maximum atomic E-state index is 10.9. The van der Waals surface area contributed by atoms with Gasteiger partial charge in [0.15, 0.2) is 5.78 Å². The van der Waals surface area contributed by atoms with E-state index in [1.54, 1.807) is 18.3 Å². The van der Waals surface area contributed by atoms with Crippen LogP contribution in [0.4, 0.5) is 0 Å². The highest BCUT2D eigenvalue weighted by Gasteiger charge is 2.11. The number of pyridine rings is 1. The Morgan fingerprint density at radius 1 is 1.36 bits per heavy atom. The summed E-state index contributed by atoms with van der Waals surface area (Å²) in [5, 5.41) is 0. The summed E-state index contributed by atoms with van der Waals surface area (Å²) in [5.41, 5.74) is 0.227. The molecule has 1 heterocycles. The molecule has 0 aromatic carbocycles. The van der Waals surface area contributed by atoms with Crippen molar-refractivity contribution in [2.24, 2.45) is 0 Å². The largest absolute Gasteiger partial charge is 0.487 e. The van der Waals surface area contributed by atoms with Crippen LogP contribution in [0, 0.1) is 0 Å². The third-order valence-corrected chi connectivity index (χ3v) is 1.52. The summed E-state index contributed by atoms with van der Waals surface area (Å²) >= 11 is 0. The van der Waals surface area contributed by atoms with Crippen molar-refractivity contribution in [2.45, 2.75) is 33.3 Å². The summed E-state index contributed by atoms with van der Waals surface area (Å²) in [6.07, 6.45) is 1.57. The second-order valence-corrected chi connectivity index (χ2v) is 4.15. The van der Waals surface area contributed by atoms with Crippen molar-refractivity contribution in [3.8, 4) is 5.75 Å². The first kappa shape index (κ1) is 10.7. The normalized spacial score (nSPS) is 11.1. The first-order chi connectivity index (χ1) is 6.38. The summed E-state index contributed by atoms with van der Waals surface area (Å²) in [7, 11) is 0. The number of hydrogen-bond donors (Lipinski definition) is 0. The third-order valence-electron chi connectivity index (χ3n) is 1.52. The van der Waals surface area contributed by atoms with Crippen molar-refractivity contribution < 1.29 is 9.53 Å². The van der Waals surface area contributed by atoms with Crippen LogP contribution < -0.4 is 4.74 Å². The van der Waals surface area contributed by atoms with Gasteiger partial charge in [-0.25, -0.2) is 4.98 Å². The van der Waals surface area contributed by atoms with E-state index in [4.69, 9.17) is 4.74 Å². The zero-order chi connectivity index (χ0) is 10.8. The standard InChI is InChI=1S/C11H15NO2/c1-8(13)10-6-5-9(7-12-10)14-11(2,3)4/h5-7H,1-4H3. The van der Waals surface area contributed by atoms with Gasteiger partial charge in [-0.1, -0.05) is 0 Å². The van der Waals surface area contributed by atoms with Crippen molar-refractivity contribution in [3.63, 3.8) is 0 Å². The molecule has 0 saturated carbocycles. The van der Waals surface area contributed by atoms with Crippen LogP contribution in [0.1, 0.15) is 38.2 Å². The van der Waals surface area contributed by atoms with Crippen LogP contribution in [0.15, 0.2) is 18.3 Å². The Kier molecular flexibility index (Phi) is 2.89. The second kappa shape index (κ2) is 3.78. The zero-order valence-electron chi connectivity index (χ0n) is 9.00. The fraction of sp³-hybridized carbons (Fsp3) is 0.455. The van der Waals surface area contributed by atoms with Crippen molar-refractivity contribution in [1.29, 1.82) is 0 Å². The number of Topliss-reactive ketones (excluding diaryl/α,β-unsaturated/α-hetero) is 1. The predicted molar refractivity (Wildman–Crippen MR) is 54.6 cm³/mol. The van der Waals surface area contributed by atoms with Crippen molar-refractivity contribution in [2.75, 3.05) is 0 Å². The van der Waals surface area contributed by atoms with Gasteiger partial charge < -0.3 is 4.74 Å². The van der Waals surface area contributed by atoms with Crippen molar-refractivity contribution >= 4 is 5.78 Å². The summed E-state index contributed by atoms with van der Waals surface area (Å²) in [4.78, 5) is 14.9. The number of carbonyl (C=O) groups is 1. The number of carbonyl (C=O) groups excluding carboxylic acids is 1. The average Bonchev–Trinajstić information content (AvgIpc) is 2.02. The molecule has 0 unspecified atom stereocenters. The Morgan fingerprint density at radius 2 is 2.00 bits per heavy atom. The van der Waals surface area contributed by atoms with Crippen LogP contribution in [-0.2, 0) is 0 Å². The highest BCUT2D eigenvalue weighted by atomic mass is 16.5. The lowest BCUT2D eigenvalue weighted by molar-refractivity contribution is 0.101. The molecule has 1 aromatic heterocycles. The van der Waals surface area contributed by atoms with E-state index in [0.717, 1.165) is 0 Å². The number of rotatable bonds is 2. The Morgan fingerprint density at radius 3 is 2.36 bits per heavy atom. The molecule has 0 fully saturated rings. The highest BCUT2D eigenvalue weighted by molar-refractivity contribution is 5.92. The molecule has 14 heavy (non-hydrogen) atoms. The minimum Gasteiger partial charge on any atom is -0.487 e. The molecule has 3 nitrogen and oxygen atoms in total. The molecular weight excluding hydrogens is 178 g/mol. The molecule has 0 amide bonds. The van der Waals surface area contributed by atoms with Crippen LogP contribution in [0.25, 0.3) is 0 Å². The van der Waals surface area contributed by atoms with Gasteiger partial charge in [0.25, 0.3) is 0 Å². The second-order valence-electron chi connectivity index (χ2n) is 4.15. The highest BCUT2D eigenvalue weighted by Crippen LogP contribution is 2.16. The lowest BCUT2D eigenvalue weighted by Gasteiger charge is -2.20. The first-order valence-corrected chi connectivity index (χ1v) is 4.54. The van der Waals surface area contributed by atoms with Gasteiger partial charge in [0.05, 0.1) is 6.20 Å². The summed E-state index contributed by atoms with van der Waals surface area (Å²) in [6, 6.07) is 3.43. The topological polar surface area (TPSA) is 39.2 Å².